The van der Waals surface area contributed by atoms with Crippen LogP contribution in [-0.4, -0.2) is 17.8 Å². The van der Waals surface area contributed by atoms with E-state index in [1.165, 1.54) is 18.2 Å². The third kappa shape index (κ3) is 4.24. The molecule has 2 rings (SSSR count). The first-order chi connectivity index (χ1) is 9.74. The average Bonchev–Trinajstić information content (AvgIpc) is 2.35. The van der Waals surface area contributed by atoms with E-state index < -0.39 is 12.8 Å². The molecule has 0 saturated heterocycles. The van der Waals surface area contributed by atoms with Crippen molar-refractivity contribution in [2.24, 2.45) is 5.92 Å². The predicted octanol–water partition coefficient (Wildman–Crippen LogP) is 3.67. The van der Waals surface area contributed by atoms with Gasteiger partial charge in [0.15, 0.2) is 12.0 Å². The minimum atomic E-state index is -4.40. The van der Waals surface area contributed by atoms with Crippen LogP contribution in [0, 0.1) is 5.92 Å². The lowest BCUT2D eigenvalue weighted by molar-refractivity contribution is -0.153. The molecule has 21 heavy (non-hydrogen) atoms. The standard InChI is InChI=1S/C15H16F3NO2/c1-9(2)5-10-6-14(20)12-7-11(3-4-13(12)19-10)21-8-15(16,17)18/h3-4,6-7,9H,5,8H2,1-2H3,(H,19,20). The molecule has 0 aliphatic heterocycles. The van der Waals surface area contributed by atoms with Crippen LogP contribution in [0.5, 0.6) is 5.75 Å². The Hall–Kier alpha value is -1.98. The van der Waals surface area contributed by atoms with Crippen molar-refractivity contribution in [3.8, 4) is 5.75 Å². The molecule has 0 fully saturated rings. The first-order valence-electron chi connectivity index (χ1n) is 6.60. The topological polar surface area (TPSA) is 42.1 Å². The van der Waals surface area contributed by atoms with Gasteiger partial charge in [-0.3, -0.25) is 4.79 Å². The molecule has 0 radical (unpaired) electrons. The van der Waals surface area contributed by atoms with Gasteiger partial charge in [-0.25, -0.2) is 0 Å². The number of hydrogen-bond acceptors (Lipinski definition) is 2. The van der Waals surface area contributed by atoms with Crippen LogP contribution >= 0.6 is 0 Å². The van der Waals surface area contributed by atoms with Gasteiger partial charge >= 0.3 is 6.18 Å². The predicted molar refractivity (Wildman–Crippen MR) is 74.7 cm³/mol. The van der Waals surface area contributed by atoms with E-state index in [-0.39, 0.29) is 11.2 Å². The van der Waals surface area contributed by atoms with Gasteiger partial charge in [0.1, 0.15) is 5.75 Å². The third-order valence-corrected chi connectivity index (χ3v) is 2.89. The Morgan fingerprint density at radius 3 is 2.57 bits per heavy atom. The summed E-state index contributed by atoms with van der Waals surface area (Å²) in [5, 5.41) is 0.321. The quantitative estimate of drug-likeness (QED) is 0.936. The van der Waals surface area contributed by atoms with E-state index in [1.807, 2.05) is 13.8 Å². The lowest BCUT2D eigenvalue weighted by Crippen LogP contribution is -2.19. The van der Waals surface area contributed by atoms with Crippen molar-refractivity contribution in [3.63, 3.8) is 0 Å². The second-order valence-corrected chi connectivity index (χ2v) is 5.37. The van der Waals surface area contributed by atoms with Crippen LogP contribution in [0.4, 0.5) is 13.2 Å². The molecule has 0 bridgehead atoms. The summed E-state index contributed by atoms with van der Waals surface area (Å²) in [5.74, 6) is 0.425. The molecule has 114 valence electrons. The highest BCUT2D eigenvalue weighted by atomic mass is 19.4. The lowest BCUT2D eigenvalue weighted by Gasteiger charge is -2.10. The number of fused-ring (bicyclic) bond motifs is 1. The normalized spacial score (nSPS) is 12.1. The maximum absolute atomic E-state index is 12.1. The maximum atomic E-state index is 12.1. The number of benzene rings is 1. The third-order valence-electron chi connectivity index (χ3n) is 2.89. The minimum absolute atomic E-state index is 0.0296. The van der Waals surface area contributed by atoms with Crippen LogP contribution in [0.1, 0.15) is 19.5 Å². The molecule has 0 saturated carbocycles. The van der Waals surface area contributed by atoms with Gasteiger partial charge in [0.05, 0.1) is 0 Å². The Labute approximate surface area is 119 Å². The zero-order valence-electron chi connectivity index (χ0n) is 11.8. The number of alkyl halides is 3. The summed E-state index contributed by atoms with van der Waals surface area (Å²) in [4.78, 5) is 15.2. The minimum Gasteiger partial charge on any atom is -0.484 e. The van der Waals surface area contributed by atoms with Gasteiger partial charge in [-0.2, -0.15) is 13.2 Å². The van der Waals surface area contributed by atoms with Gasteiger partial charge in [-0.05, 0) is 30.5 Å². The van der Waals surface area contributed by atoms with Crippen molar-refractivity contribution in [2.45, 2.75) is 26.4 Å². The number of H-pyrrole nitrogens is 1. The average molecular weight is 299 g/mol. The van der Waals surface area contributed by atoms with E-state index in [4.69, 9.17) is 0 Å². The second-order valence-electron chi connectivity index (χ2n) is 5.37. The smallest absolute Gasteiger partial charge is 0.422 e. The zero-order chi connectivity index (χ0) is 15.6. The van der Waals surface area contributed by atoms with E-state index >= 15 is 0 Å². The highest BCUT2D eigenvalue weighted by Gasteiger charge is 2.28. The monoisotopic (exact) mass is 299 g/mol. The van der Waals surface area contributed by atoms with E-state index in [0.29, 0.717) is 16.8 Å². The second kappa shape index (κ2) is 5.79. The van der Waals surface area contributed by atoms with Crippen LogP contribution < -0.4 is 10.2 Å². The van der Waals surface area contributed by atoms with Crippen molar-refractivity contribution in [3.05, 3.63) is 40.2 Å². The first kappa shape index (κ1) is 15.4. The van der Waals surface area contributed by atoms with Crippen molar-refractivity contribution in [2.75, 3.05) is 6.61 Å². The summed E-state index contributed by atoms with van der Waals surface area (Å²) >= 11 is 0. The molecule has 0 unspecified atom stereocenters. The number of halogens is 3. The molecule has 1 aromatic heterocycles. The Morgan fingerprint density at radius 2 is 1.95 bits per heavy atom. The van der Waals surface area contributed by atoms with Gasteiger partial charge in [0.2, 0.25) is 0 Å². The molecule has 1 heterocycles. The van der Waals surface area contributed by atoms with E-state index in [0.717, 1.165) is 12.1 Å². The van der Waals surface area contributed by atoms with Crippen LogP contribution in [0.3, 0.4) is 0 Å². The zero-order valence-corrected chi connectivity index (χ0v) is 11.8. The molecule has 1 N–H and O–H groups in total. The Morgan fingerprint density at radius 1 is 1.24 bits per heavy atom. The summed E-state index contributed by atoms with van der Waals surface area (Å²) in [6.45, 7) is 2.70. The fraction of sp³-hybridized carbons (Fsp3) is 0.400. The Bertz CT molecular complexity index is 689. The summed E-state index contributed by atoms with van der Waals surface area (Å²) < 4.78 is 41.0. The van der Waals surface area contributed by atoms with Gasteiger partial charge in [0, 0.05) is 22.7 Å². The van der Waals surface area contributed by atoms with Gasteiger partial charge in [-0.15, -0.1) is 0 Å². The molecule has 1 aromatic carbocycles. The number of aromatic amines is 1. The molecule has 0 atom stereocenters. The van der Waals surface area contributed by atoms with Gasteiger partial charge in [-0.1, -0.05) is 13.8 Å². The van der Waals surface area contributed by atoms with Crippen LogP contribution in [-0.2, 0) is 6.42 Å². The number of hydrogen-bond donors (Lipinski definition) is 1. The van der Waals surface area contributed by atoms with Crippen molar-refractivity contribution in [1.29, 1.82) is 0 Å². The summed E-state index contributed by atoms with van der Waals surface area (Å²) in [6, 6.07) is 5.80. The van der Waals surface area contributed by atoms with E-state index in [2.05, 4.69) is 9.72 Å². The van der Waals surface area contributed by atoms with Crippen LogP contribution in [0.15, 0.2) is 29.1 Å². The van der Waals surface area contributed by atoms with Gasteiger partial charge < -0.3 is 9.72 Å². The summed E-state index contributed by atoms with van der Waals surface area (Å²) in [5.41, 5.74) is 1.18. The molecular formula is C15H16F3NO2. The number of ether oxygens (including phenoxy) is 1. The Kier molecular flexibility index (Phi) is 4.25. The van der Waals surface area contributed by atoms with Crippen LogP contribution in [0.25, 0.3) is 10.9 Å². The summed E-state index contributed by atoms with van der Waals surface area (Å²) in [6.07, 6.45) is -3.67. The molecule has 0 amide bonds. The Balaban J connectivity index is 2.32. The molecule has 0 aliphatic rings. The molecular weight excluding hydrogens is 283 g/mol. The molecule has 2 aromatic rings. The molecule has 0 spiro atoms. The van der Waals surface area contributed by atoms with E-state index in [9.17, 15) is 18.0 Å². The van der Waals surface area contributed by atoms with Gasteiger partial charge in [0.25, 0.3) is 0 Å². The maximum Gasteiger partial charge on any atom is 0.422 e. The molecule has 6 heteroatoms. The SMILES string of the molecule is CC(C)Cc1cc(=O)c2cc(OCC(F)(F)F)ccc2[nH]1. The van der Waals surface area contributed by atoms with Crippen molar-refractivity contribution < 1.29 is 17.9 Å². The largest absolute Gasteiger partial charge is 0.484 e. The summed E-state index contributed by atoms with van der Waals surface area (Å²) in [7, 11) is 0. The lowest BCUT2D eigenvalue weighted by atomic mass is 10.1. The number of aromatic nitrogens is 1. The molecule has 0 aliphatic carbocycles. The fourth-order valence-electron chi connectivity index (χ4n) is 2.09. The van der Waals surface area contributed by atoms with Crippen molar-refractivity contribution in [1.82, 2.24) is 4.98 Å². The fourth-order valence-corrected chi connectivity index (χ4v) is 2.09. The number of nitrogens with one attached hydrogen (secondary N) is 1. The molecule has 3 nitrogen and oxygen atoms in total. The van der Waals surface area contributed by atoms with Crippen LogP contribution in [0.2, 0.25) is 0 Å². The number of rotatable bonds is 4. The van der Waals surface area contributed by atoms with Crippen molar-refractivity contribution >= 4 is 10.9 Å². The van der Waals surface area contributed by atoms with E-state index in [1.54, 1.807) is 6.07 Å². The first-order valence-corrected chi connectivity index (χ1v) is 6.60. The highest BCUT2D eigenvalue weighted by Crippen LogP contribution is 2.21. The highest BCUT2D eigenvalue weighted by molar-refractivity contribution is 5.80. The number of pyridine rings is 1.